The maximum absolute atomic E-state index is 10.5. The summed E-state index contributed by atoms with van der Waals surface area (Å²) in [5.41, 5.74) is 0.674. The van der Waals surface area contributed by atoms with Crippen LogP contribution in [-0.2, 0) is 5.75 Å². The maximum Gasteiger partial charge on any atom is 0.213 e. The number of benzene rings is 1. The molecule has 0 saturated carbocycles. The van der Waals surface area contributed by atoms with Gasteiger partial charge in [0.05, 0.1) is 5.75 Å². The van der Waals surface area contributed by atoms with Gasteiger partial charge in [0.2, 0.25) is 6.39 Å². The fourth-order valence-electron chi connectivity index (χ4n) is 1.08. The molecule has 0 aliphatic carbocycles. The van der Waals surface area contributed by atoms with Crippen molar-refractivity contribution in [2.24, 2.45) is 0 Å². The molecule has 0 bridgehead atoms. The second kappa shape index (κ2) is 4.75. The number of carbonyl (C=O) groups excluding carboxylic acids is 1. The van der Waals surface area contributed by atoms with Crippen LogP contribution in [0.4, 0.5) is 0 Å². The molecule has 0 amide bonds. The Morgan fingerprint density at radius 1 is 1.47 bits per heavy atom. The molecule has 1 aromatic carbocycles. The lowest BCUT2D eigenvalue weighted by Crippen LogP contribution is -1.84. The summed E-state index contributed by atoms with van der Waals surface area (Å²) in [6.45, 7) is 0. The van der Waals surface area contributed by atoms with Gasteiger partial charge in [-0.05, 0) is 12.1 Å². The zero-order valence-electron chi connectivity index (χ0n) is 7.79. The maximum atomic E-state index is 10.5. The van der Waals surface area contributed by atoms with E-state index in [0.717, 1.165) is 11.2 Å². The van der Waals surface area contributed by atoms with Crippen LogP contribution < -0.4 is 0 Å². The van der Waals surface area contributed by atoms with Crippen LogP contribution in [0.3, 0.4) is 0 Å². The Labute approximate surface area is 90.7 Å². The third-order valence-corrected chi connectivity index (χ3v) is 2.76. The summed E-state index contributed by atoms with van der Waals surface area (Å²) < 4.78 is 4.62. The van der Waals surface area contributed by atoms with E-state index in [2.05, 4.69) is 14.7 Å². The molecule has 0 fully saturated rings. The summed E-state index contributed by atoms with van der Waals surface area (Å²) in [4.78, 5) is 15.5. The molecule has 0 N–H and O–H groups in total. The summed E-state index contributed by atoms with van der Waals surface area (Å²) in [6, 6.07) is 7.39. The van der Waals surface area contributed by atoms with E-state index in [4.69, 9.17) is 0 Å². The SMILES string of the molecule is O=Cc1cccc(SCc2ncon2)c1. The molecule has 0 atom stereocenters. The van der Waals surface area contributed by atoms with Crippen LogP contribution in [0.5, 0.6) is 0 Å². The zero-order valence-corrected chi connectivity index (χ0v) is 8.61. The molecule has 0 spiro atoms. The Balaban J connectivity index is 2.01. The van der Waals surface area contributed by atoms with Crippen molar-refractivity contribution in [3.63, 3.8) is 0 Å². The summed E-state index contributed by atoms with van der Waals surface area (Å²) in [7, 11) is 0. The van der Waals surface area contributed by atoms with E-state index in [9.17, 15) is 4.79 Å². The highest BCUT2D eigenvalue weighted by atomic mass is 32.2. The largest absolute Gasteiger partial charge is 0.343 e. The minimum atomic E-state index is 0.638. The van der Waals surface area contributed by atoms with E-state index in [1.54, 1.807) is 17.8 Å². The average Bonchev–Trinajstić information content (AvgIpc) is 2.79. The Bertz CT molecular complexity index is 442. The standard InChI is InChI=1S/C10H8N2O2S/c13-5-8-2-1-3-9(4-8)15-6-10-11-7-14-12-10/h1-5,7H,6H2. The van der Waals surface area contributed by atoms with Crippen molar-refractivity contribution in [2.45, 2.75) is 10.6 Å². The van der Waals surface area contributed by atoms with Crippen molar-refractivity contribution in [3.8, 4) is 0 Å². The molecule has 2 rings (SSSR count). The number of hydrogen-bond donors (Lipinski definition) is 0. The molecule has 4 nitrogen and oxygen atoms in total. The Hall–Kier alpha value is -1.62. The lowest BCUT2D eigenvalue weighted by molar-refractivity contribution is 0.112. The fourth-order valence-corrected chi connectivity index (χ4v) is 1.90. The fraction of sp³-hybridized carbons (Fsp3) is 0.100. The van der Waals surface area contributed by atoms with E-state index in [1.807, 2.05) is 18.2 Å². The van der Waals surface area contributed by atoms with Gasteiger partial charge in [0.25, 0.3) is 0 Å². The van der Waals surface area contributed by atoms with Gasteiger partial charge in [0, 0.05) is 10.5 Å². The van der Waals surface area contributed by atoms with Crippen molar-refractivity contribution in [3.05, 3.63) is 42.0 Å². The van der Waals surface area contributed by atoms with Gasteiger partial charge in [0.15, 0.2) is 5.82 Å². The molecule has 0 saturated heterocycles. The van der Waals surface area contributed by atoms with Gasteiger partial charge in [0.1, 0.15) is 6.29 Å². The summed E-state index contributed by atoms with van der Waals surface area (Å²) >= 11 is 1.56. The van der Waals surface area contributed by atoms with Gasteiger partial charge in [-0.3, -0.25) is 4.79 Å². The van der Waals surface area contributed by atoms with Gasteiger partial charge >= 0.3 is 0 Å². The zero-order chi connectivity index (χ0) is 10.5. The highest BCUT2D eigenvalue weighted by Gasteiger charge is 2.00. The number of hydrogen-bond acceptors (Lipinski definition) is 5. The van der Waals surface area contributed by atoms with Crippen LogP contribution in [0.15, 0.2) is 40.1 Å². The third-order valence-electron chi connectivity index (χ3n) is 1.77. The molecule has 1 aromatic heterocycles. The van der Waals surface area contributed by atoms with Crippen LogP contribution in [0.25, 0.3) is 0 Å². The topological polar surface area (TPSA) is 56.0 Å². The van der Waals surface area contributed by atoms with Gasteiger partial charge in [-0.2, -0.15) is 4.98 Å². The van der Waals surface area contributed by atoms with Crippen molar-refractivity contribution in [2.75, 3.05) is 0 Å². The first-order valence-corrected chi connectivity index (χ1v) is 5.30. The second-order valence-corrected chi connectivity index (χ2v) is 3.88. The lowest BCUT2D eigenvalue weighted by atomic mass is 10.2. The van der Waals surface area contributed by atoms with Crippen molar-refractivity contribution < 1.29 is 9.32 Å². The van der Waals surface area contributed by atoms with Crippen molar-refractivity contribution >= 4 is 18.0 Å². The van der Waals surface area contributed by atoms with Crippen LogP contribution in [0, 0.1) is 0 Å². The predicted molar refractivity (Wildman–Crippen MR) is 55.7 cm³/mol. The quantitative estimate of drug-likeness (QED) is 0.584. The summed E-state index contributed by atoms with van der Waals surface area (Å²) in [5, 5.41) is 3.70. The van der Waals surface area contributed by atoms with E-state index in [1.165, 1.54) is 6.39 Å². The number of carbonyl (C=O) groups is 1. The Kier molecular flexibility index (Phi) is 3.14. The number of aromatic nitrogens is 2. The molecule has 76 valence electrons. The lowest BCUT2D eigenvalue weighted by Gasteiger charge is -1.98. The highest BCUT2D eigenvalue weighted by Crippen LogP contribution is 2.21. The molecular formula is C10H8N2O2S. The molecule has 15 heavy (non-hydrogen) atoms. The molecule has 2 aromatic rings. The third kappa shape index (κ3) is 2.66. The Morgan fingerprint density at radius 3 is 3.13 bits per heavy atom. The highest BCUT2D eigenvalue weighted by molar-refractivity contribution is 7.98. The summed E-state index contributed by atoms with van der Waals surface area (Å²) in [6.07, 6.45) is 2.14. The smallest absolute Gasteiger partial charge is 0.213 e. The van der Waals surface area contributed by atoms with Gasteiger partial charge in [-0.1, -0.05) is 17.3 Å². The number of rotatable bonds is 4. The molecular weight excluding hydrogens is 212 g/mol. The van der Waals surface area contributed by atoms with Gasteiger partial charge < -0.3 is 4.52 Å². The molecule has 1 heterocycles. The first-order chi connectivity index (χ1) is 7.38. The van der Waals surface area contributed by atoms with Gasteiger partial charge in [-0.15, -0.1) is 11.8 Å². The summed E-state index contributed by atoms with van der Waals surface area (Å²) in [5.74, 6) is 1.29. The second-order valence-electron chi connectivity index (χ2n) is 2.83. The first kappa shape index (κ1) is 9.92. The van der Waals surface area contributed by atoms with E-state index < -0.39 is 0 Å². The number of nitrogens with zero attached hydrogens (tertiary/aromatic N) is 2. The number of thioether (sulfide) groups is 1. The van der Waals surface area contributed by atoms with Crippen molar-refractivity contribution in [1.82, 2.24) is 10.1 Å². The normalized spacial score (nSPS) is 10.1. The van der Waals surface area contributed by atoms with Crippen molar-refractivity contribution in [1.29, 1.82) is 0 Å². The number of aldehydes is 1. The monoisotopic (exact) mass is 220 g/mol. The van der Waals surface area contributed by atoms with E-state index in [-0.39, 0.29) is 0 Å². The predicted octanol–water partition coefficient (Wildman–Crippen LogP) is 2.17. The average molecular weight is 220 g/mol. The molecule has 5 heteroatoms. The van der Waals surface area contributed by atoms with Crippen LogP contribution in [0.2, 0.25) is 0 Å². The van der Waals surface area contributed by atoms with Crippen LogP contribution in [-0.4, -0.2) is 16.4 Å². The first-order valence-electron chi connectivity index (χ1n) is 4.32. The van der Waals surface area contributed by atoms with E-state index in [0.29, 0.717) is 17.1 Å². The molecule has 0 aliphatic heterocycles. The molecule has 0 radical (unpaired) electrons. The molecule has 0 aliphatic rings. The molecule has 0 unspecified atom stereocenters. The Morgan fingerprint density at radius 2 is 2.40 bits per heavy atom. The van der Waals surface area contributed by atoms with Crippen LogP contribution in [0.1, 0.15) is 16.2 Å². The van der Waals surface area contributed by atoms with E-state index >= 15 is 0 Å². The van der Waals surface area contributed by atoms with Gasteiger partial charge in [-0.25, -0.2) is 0 Å². The van der Waals surface area contributed by atoms with Crippen LogP contribution >= 0.6 is 11.8 Å². The minimum absolute atomic E-state index is 0.638. The minimum Gasteiger partial charge on any atom is -0.343 e.